The topological polar surface area (TPSA) is 64.7 Å². The molecule has 13 aromatic rings. The van der Waals surface area contributed by atoms with Crippen LogP contribution in [0.1, 0.15) is 12.5 Å². The molecule has 3 heterocycles. The third-order valence-corrected chi connectivity index (χ3v) is 13.9. The Morgan fingerprint density at radius 2 is 0.906 bits per heavy atom. The molecule has 296 valence electrons. The molecule has 0 fully saturated rings. The van der Waals surface area contributed by atoms with Crippen molar-refractivity contribution in [2.45, 2.75) is 6.92 Å². The lowest BCUT2D eigenvalue weighted by Gasteiger charge is -2.19. The van der Waals surface area contributed by atoms with E-state index in [1.54, 1.807) is 0 Å². The number of hydrogen-bond donors (Lipinski definition) is 1. The van der Waals surface area contributed by atoms with Crippen molar-refractivity contribution in [3.8, 4) is 56.0 Å². The monoisotopic (exact) mass is 812 g/mol. The average molecular weight is 813 g/mol. The summed E-state index contributed by atoms with van der Waals surface area (Å²) in [5.41, 5.74) is 20.3. The van der Waals surface area contributed by atoms with E-state index >= 15 is 0 Å². The highest BCUT2D eigenvalue weighted by molar-refractivity contribution is 6.42. The summed E-state index contributed by atoms with van der Waals surface area (Å²) in [5.74, 6) is 0. The van der Waals surface area contributed by atoms with Crippen LogP contribution in [-0.2, 0) is 0 Å². The van der Waals surface area contributed by atoms with Gasteiger partial charge in [0.2, 0.25) is 0 Å². The summed E-state index contributed by atoms with van der Waals surface area (Å²) in [4.78, 5) is 15.1. The maximum absolute atomic E-state index is 7.32. The fraction of sp³-hybridized carbons (Fsp3) is 0.0167. The second-order valence-corrected chi connectivity index (χ2v) is 17.1. The van der Waals surface area contributed by atoms with Crippen LogP contribution in [0, 0.1) is 0 Å². The molecule has 0 spiro atoms. The van der Waals surface area contributed by atoms with Crippen LogP contribution >= 0.6 is 0 Å². The molecule has 0 bridgehead atoms. The molecule has 64 heavy (non-hydrogen) atoms. The first kappa shape index (κ1) is 35.2. The Kier molecular flexibility index (Phi) is 7.16. The molecule has 0 unspecified atom stereocenters. The first-order valence-electron chi connectivity index (χ1n) is 21.9. The Hall–Kier alpha value is -8.47. The van der Waals surface area contributed by atoms with Crippen molar-refractivity contribution >= 4 is 91.9 Å². The zero-order chi connectivity index (χ0) is 42.2. The first-order chi connectivity index (χ1) is 31.7. The van der Waals surface area contributed by atoms with Crippen LogP contribution in [0.2, 0.25) is 0 Å². The molecular formula is C60H36N4. The van der Waals surface area contributed by atoms with E-state index in [1.807, 2.05) is 55.9 Å². The summed E-state index contributed by atoms with van der Waals surface area (Å²) in [6, 6.07) is 55.1. The standard InChI is InChI=1S/C60H36N4/c1-2-3-20-46(61)53-44-31-42-36-24-26-40-52-41(60-55(48-22-7-10-29-63-48)35-17-5-4-16-34(35)54(59(40)60)47-21-6-9-28-62-47)27-25-37(51(36)52)43(42)32-45(44)56(49-23-8-11-30-64-49)58-39-19-13-15-33-14-12-18-38(50(33)39)57(53)58/h2-32H,61H2,1H3/b3-2-,46-20-. The molecule has 0 aliphatic heterocycles. The number of nitrogens with two attached hydrogens (primary N) is 1. The predicted octanol–water partition coefficient (Wildman–Crippen LogP) is 15.5. The van der Waals surface area contributed by atoms with Gasteiger partial charge in [-0.05, 0) is 148 Å². The minimum absolute atomic E-state index is 0.736. The Balaban J connectivity index is 1.18. The maximum Gasteiger partial charge on any atom is 0.0714 e. The van der Waals surface area contributed by atoms with E-state index in [9.17, 15) is 0 Å². The van der Waals surface area contributed by atoms with Gasteiger partial charge < -0.3 is 5.73 Å². The molecule has 0 saturated carbocycles. The number of fused-ring (bicyclic) bond motifs is 11. The Bertz CT molecular complexity index is 4070. The molecule has 1 aliphatic rings. The number of nitrogens with zero attached hydrogens (tertiary/aromatic N) is 3. The van der Waals surface area contributed by atoms with Gasteiger partial charge in [0, 0.05) is 68.4 Å². The van der Waals surface area contributed by atoms with Gasteiger partial charge in [0.25, 0.3) is 0 Å². The van der Waals surface area contributed by atoms with Gasteiger partial charge in [-0.15, -0.1) is 0 Å². The van der Waals surface area contributed by atoms with Gasteiger partial charge >= 0.3 is 0 Å². The molecule has 3 aromatic heterocycles. The van der Waals surface area contributed by atoms with Crippen molar-refractivity contribution in [2.24, 2.45) is 5.73 Å². The molecule has 0 atom stereocenters. The lowest BCUT2D eigenvalue weighted by atomic mass is 9.85. The van der Waals surface area contributed by atoms with Gasteiger partial charge in [-0.3, -0.25) is 15.0 Å². The van der Waals surface area contributed by atoms with Gasteiger partial charge in [-0.1, -0.05) is 115 Å². The van der Waals surface area contributed by atoms with Crippen LogP contribution in [0.4, 0.5) is 0 Å². The first-order valence-corrected chi connectivity index (χ1v) is 21.9. The van der Waals surface area contributed by atoms with Gasteiger partial charge in [0.15, 0.2) is 0 Å². The van der Waals surface area contributed by atoms with Gasteiger partial charge in [0.1, 0.15) is 0 Å². The SMILES string of the molecule is C/C=C\C=C(/N)c1c2cc3c(cc2c(-c2ccccn2)c2c4cccc5cccc(c12)c54)c1ccc2c4c(ccc3c41)-c1c-2c(-c2ccccn2)c2ccccc2c1-c1ccccn1. The summed E-state index contributed by atoms with van der Waals surface area (Å²) in [6.45, 7) is 2.03. The van der Waals surface area contributed by atoms with Gasteiger partial charge in [-0.2, -0.15) is 0 Å². The van der Waals surface area contributed by atoms with Crippen LogP contribution in [0.25, 0.3) is 148 Å². The molecule has 10 aromatic carbocycles. The number of rotatable bonds is 5. The van der Waals surface area contributed by atoms with E-state index in [4.69, 9.17) is 20.7 Å². The number of benzene rings is 8. The van der Waals surface area contributed by atoms with Crippen molar-refractivity contribution < 1.29 is 0 Å². The predicted molar refractivity (Wildman–Crippen MR) is 270 cm³/mol. The second kappa shape index (κ2) is 13.0. The van der Waals surface area contributed by atoms with Crippen molar-refractivity contribution in [2.75, 3.05) is 0 Å². The normalized spacial score (nSPS) is 12.9. The minimum atomic E-state index is 0.736. The van der Waals surface area contributed by atoms with E-state index in [1.165, 1.54) is 97.7 Å². The van der Waals surface area contributed by atoms with Crippen LogP contribution in [0.5, 0.6) is 0 Å². The number of pyridine rings is 3. The minimum Gasteiger partial charge on any atom is -0.398 e. The van der Waals surface area contributed by atoms with Gasteiger partial charge in [0.05, 0.1) is 17.1 Å². The Morgan fingerprint density at radius 3 is 1.45 bits per heavy atom. The van der Waals surface area contributed by atoms with Crippen molar-refractivity contribution in [1.82, 2.24) is 15.0 Å². The zero-order valence-electron chi connectivity index (χ0n) is 34.8. The number of allylic oxidation sites excluding steroid dienone is 3. The highest BCUT2D eigenvalue weighted by Gasteiger charge is 2.33. The van der Waals surface area contributed by atoms with Crippen LogP contribution in [-0.4, -0.2) is 15.0 Å². The molecule has 0 radical (unpaired) electrons. The summed E-state index contributed by atoms with van der Waals surface area (Å²) in [6.07, 6.45) is 11.9. The molecule has 14 rings (SSSR count). The summed E-state index contributed by atoms with van der Waals surface area (Å²) in [5, 5.41) is 19.3. The second-order valence-electron chi connectivity index (χ2n) is 17.1. The smallest absolute Gasteiger partial charge is 0.0714 e. The molecule has 0 amide bonds. The number of aromatic nitrogens is 3. The Labute approximate surface area is 368 Å². The third-order valence-electron chi connectivity index (χ3n) is 13.9. The van der Waals surface area contributed by atoms with E-state index in [0.717, 1.165) is 55.8 Å². The van der Waals surface area contributed by atoms with Crippen molar-refractivity contribution in [1.29, 1.82) is 0 Å². The third kappa shape index (κ3) is 4.53. The maximum atomic E-state index is 7.32. The molecule has 1 aliphatic carbocycles. The summed E-state index contributed by atoms with van der Waals surface area (Å²) in [7, 11) is 0. The highest BCUT2D eigenvalue weighted by Crippen LogP contribution is 2.60. The summed E-state index contributed by atoms with van der Waals surface area (Å²) >= 11 is 0. The van der Waals surface area contributed by atoms with Gasteiger partial charge in [-0.25, -0.2) is 0 Å². The fourth-order valence-electron chi connectivity index (χ4n) is 11.5. The fourth-order valence-corrected chi connectivity index (χ4v) is 11.5. The van der Waals surface area contributed by atoms with E-state index in [2.05, 4.69) is 140 Å². The quantitative estimate of drug-likeness (QED) is 0.176. The summed E-state index contributed by atoms with van der Waals surface area (Å²) < 4.78 is 0. The highest BCUT2D eigenvalue weighted by atomic mass is 14.7. The molecule has 4 nitrogen and oxygen atoms in total. The molecule has 4 heteroatoms. The number of hydrogen-bond acceptors (Lipinski definition) is 4. The average Bonchev–Trinajstić information content (AvgIpc) is 3.97. The lowest BCUT2D eigenvalue weighted by Crippen LogP contribution is -2.00. The largest absolute Gasteiger partial charge is 0.398 e. The molecule has 2 N–H and O–H groups in total. The van der Waals surface area contributed by atoms with Crippen molar-refractivity contribution in [3.63, 3.8) is 0 Å². The van der Waals surface area contributed by atoms with E-state index in [0.29, 0.717) is 0 Å². The van der Waals surface area contributed by atoms with E-state index < -0.39 is 0 Å². The molecular weight excluding hydrogens is 777 g/mol. The van der Waals surface area contributed by atoms with E-state index in [-0.39, 0.29) is 0 Å². The Morgan fingerprint density at radius 1 is 0.391 bits per heavy atom. The van der Waals surface area contributed by atoms with Crippen LogP contribution in [0.15, 0.2) is 188 Å². The van der Waals surface area contributed by atoms with Crippen LogP contribution in [0.3, 0.4) is 0 Å². The molecule has 0 saturated heterocycles. The van der Waals surface area contributed by atoms with Crippen LogP contribution < -0.4 is 5.73 Å². The van der Waals surface area contributed by atoms with Crippen molar-refractivity contribution in [3.05, 3.63) is 194 Å². The zero-order valence-corrected chi connectivity index (χ0v) is 34.8. The lowest BCUT2D eigenvalue weighted by molar-refractivity contribution is 1.33.